The quantitative estimate of drug-likeness (QED) is 0.749. The summed E-state index contributed by atoms with van der Waals surface area (Å²) in [4.78, 5) is 24.6. The van der Waals surface area contributed by atoms with Gasteiger partial charge in [-0.15, -0.1) is 0 Å². The Labute approximate surface area is 146 Å². The number of hydrogen-bond donors (Lipinski definition) is 3. The molecule has 1 aromatic rings. The van der Waals surface area contributed by atoms with Gasteiger partial charge in [0.05, 0.1) is 18.2 Å². The number of rotatable bonds is 5. The van der Waals surface area contributed by atoms with E-state index in [9.17, 15) is 19.1 Å². The van der Waals surface area contributed by atoms with Crippen LogP contribution in [0.25, 0.3) is 0 Å². The monoisotopic (exact) mass is 353 g/mol. The molecular weight excluding hydrogens is 329 g/mol. The van der Waals surface area contributed by atoms with Crippen LogP contribution >= 0.6 is 0 Å². The summed E-state index contributed by atoms with van der Waals surface area (Å²) in [6.07, 6.45) is -1.34. The van der Waals surface area contributed by atoms with E-state index in [1.165, 1.54) is 6.07 Å². The molecule has 0 fully saturated rings. The van der Waals surface area contributed by atoms with Gasteiger partial charge in [-0.25, -0.2) is 9.18 Å². The van der Waals surface area contributed by atoms with Crippen molar-refractivity contribution in [1.29, 1.82) is 0 Å². The number of nitrogens with zero attached hydrogens (tertiary/aromatic N) is 1. The van der Waals surface area contributed by atoms with Crippen molar-refractivity contribution < 1.29 is 23.8 Å². The molecule has 0 bridgehead atoms. The Morgan fingerprint density at radius 3 is 2.80 bits per heavy atom. The standard InChI is InChI=1S/C17H24FN3O4/c1-17(2,3)25-16(24)19-8-12(22)9-21(4)11-5-10-6-14(23)20-15(10)13(18)7-11/h5,7,12,22H,6,8-9H2,1-4H3,(H,19,24)(H,20,23)/t12-/m1/s1. The minimum atomic E-state index is -0.867. The lowest BCUT2D eigenvalue weighted by molar-refractivity contribution is -0.115. The van der Waals surface area contributed by atoms with E-state index in [1.807, 2.05) is 0 Å². The zero-order chi connectivity index (χ0) is 18.8. The van der Waals surface area contributed by atoms with E-state index in [1.54, 1.807) is 38.8 Å². The predicted octanol–water partition coefficient (Wildman–Crippen LogP) is 1.64. The fourth-order valence-electron chi connectivity index (χ4n) is 2.51. The maximum atomic E-state index is 14.1. The van der Waals surface area contributed by atoms with Crippen molar-refractivity contribution in [2.24, 2.45) is 0 Å². The van der Waals surface area contributed by atoms with Crippen molar-refractivity contribution in [3.63, 3.8) is 0 Å². The van der Waals surface area contributed by atoms with Gasteiger partial charge in [-0.1, -0.05) is 0 Å². The molecule has 138 valence electrons. The molecular formula is C17H24FN3O4. The van der Waals surface area contributed by atoms with Crippen LogP contribution in [0.1, 0.15) is 26.3 Å². The summed E-state index contributed by atoms with van der Waals surface area (Å²) in [5.74, 6) is -0.748. The molecule has 3 N–H and O–H groups in total. The first-order valence-electron chi connectivity index (χ1n) is 8.03. The summed E-state index contributed by atoms with van der Waals surface area (Å²) >= 11 is 0. The average Bonchev–Trinajstić information content (AvgIpc) is 2.84. The molecule has 1 aliphatic rings. The van der Waals surface area contributed by atoms with Gasteiger partial charge in [-0.3, -0.25) is 4.79 Å². The number of nitrogens with one attached hydrogen (secondary N) is 2. The highest BCUT2D eigenvalue weighted by Gasteiger charge is 2.23. The van der Waals surface area contributed by atoms with E-state index in [0.717, 1.165) is 0 Å². The Bertz CT molecular complexity index is 673. The second-order valence-corrected chi connectivity index (χ2v) is 7.10. The minimum Gasteiger partial charge on any atom is -0.444 e. The van der Waals surface area contributed by atoms with E-state index in [4.69, 9.17) is 4.74 Å². The number of anilines is 2. The molecule has 1 atom stereocenters. The van der Waals surface area contributed by atoms with E-state index >= 15 is 0 Å². The molecule has 7 nitrogen and oxygen atoms in total. The molecule has 1 heterocycles. The lowest BCUT2D eigenvalue weighted by atomic mass is 10.1. The second kappa shape index (κ2) is 7.26. The van der Waals surface area contributed by atoms with Crippen LogP contribution in [0.3, 0.4) is 0 Å². The van der Waals surface area contributed by atoms with Gasteiger partial charge in [0.15, 0.2) is 0 Å². The third kappa shape index (κ3) is 5.32. The molecule has 1 aliphatic heterocycles. The van der Waals surface area contributed by atoms with Crippen molar-refractivity contribution in [1.82, 2.24) is 5.32 Å². The minimum absolute atomic E-state index is 0.00666. The summed E-state index contributed by atoms with van der Waals surface area (Å²) in [6, 6.07) is 3.02. The molecule has 25 heavy (non-hydrogen) atoms. The van der Waals surface area contributed by atoms with Gasteiger partial charge in [0.1, 0.15) is 11.4 Å². The van der Waals surface area contributed by atoms with Crippen LogP contribution in [0.5, 0.6) is 0 Å². The topological polar surface area (TPSA) is 90.9 Å². The van der Waals surface area contributed by atoms with Crippen molar-refractivity contribution in [3.8, 4) is 0 Å². The summed E-state index contributed by atoms with van der Waals surface area (Å²) in [5.41, 5.74) is 0.741. The van der Waals surface area contributed by atoms with Gasteiger partial charge in [0, 0.05) is 25.8 Å². The third-order valence-corrected chi connectivity index (χ3v) is 3.58. The maximum absolute atomic E-state index is 14.1. The summed E-state index contributed by atoms with van der Waals surface area (Å²) in [5, 5.41) is 15.0. The molecule has 2 amide bonds. The van der Waals surface area contributed by atoms with Crippen LogP contribution in [-0.2, 0) is 16.0 Å². The number of amides is 2. The summed E-state index contributed by atoms with van der Waals surface area (Å²) < 4.78 is 19.1. The van der Waals surface area contributed by atoms with Gasteiger partial charge < -0.3 is 25.4 Å². The second-order valence-electron chi connectivity index (χ2n) is 7.10. The number of likely N-dealkylation sites (N-methyl/N-ethyl adjacent to an activating group) is 1. The third-order valence-electron chi connectivity index (χ3n) is 3.58. The molecule has 0 saturated carbocycles. The van der Waals surface area contributed by atoms with Gasteiger partial charge in [-0.05, 0) is 38.5 Å². The number of benzene rings is 1. The highest BCUT2D eigenvalue weighted by molar-refractivity contribution is 5.99. The van der Waals surface area contributed by atoms with E-state index < -0.39 is 23.6 Å². The number of aliphatic hydroxyl groups excluding tert-OH is 1. The Morgan fingerprint density at radius 2 is 2.16 bits per heavy atom. The molecule has 0 radical (unpaired) electrons. The zero-order valence-electron chi connectivity index (χ0n) is 14.9. The number of fused-ring (bicyclic) bond motifs is 1. The van der Waals surface area contributed by atoms with Crippen LogP contribution in [0.15, 0.2) is 12.1 Å². The normalized spacial score (nSPS) is 14.6. The SMILES string of the molecule is CN(C[C@H](O)CNC(=O)OC(C)(C)C)c1cc(F)c2c(c1)CC(=O)N2. The fraction of sp³-hybridized carbons (Fsp3) is 0.529. The lowest BCUT2D eigenvalue weighted by Crippen LogP contribution is -2.41. The number of alkyl carbamates (subject to hydrolysis) is 1. The van der Waals surface area contributed by atoms with Crippen molar-refractivity contribution >= 4 is 23.4 Å². The Morgan fingerprint density at radius 1 is 1.48 bits per heavy atom. The Balaban J connectivity index is 1.90. The highest BCUT2D eigenvalue weighted by atomic mass is 19.1. The Hall–Kier alpha value is -2.35. The number of ether oxygens (including phenoxy) is 1. The van der Waals surface area contributed by atoms with Crippen molar-refractivity contribution in [2.45, 2.75) is 38.9 Å². The Kier molecular flexibility index (Phi) is 5.52. The molecule has 0 spiro atoms. The van der Waals surface area contributed by atoms with E-state index in [-0.39, 0.29) is 31.1 Å². The van der Waals surface area contributed by atoms with Crippen molar-refractivity contribution in [2.75, 3.05) is 30.4 Å². The average molecular weight is 353 g/mol. The van der Waals surface area contributed by atoms with Crippen LogP contribution in [0.2, 0.25) is 0 Å². The number of carbonyl (C=O) groups excluding carboxylic acids is 2. The largest absolute Gasteiger partial charge is 0.444 e. The number of aliphatic hydroxyl groups is 1. The van der Waals surface area contributed by atoms with Gasteiger partial charge >= 0.3 is 6.09 Å². The number of hydrogen-bond acceptors (Lipinski definition) is 5. The zero-order valence-corrected chi connectivity index (χ0v) is 14.9. The molecule has 0 aromatic heterocycles. The molecule has 0 aliphatic carbocycles. The molecule has 8 heteroatoms. The highest BCUT2D eigenvalue weighted by Crippen LogP contribution is 2.30. The lowest BCUT2D eigenvalue weighted by Gasteiger charge is -2.24. The molecule has 1 aromatic carbocycles. The first-order valence-corrected chi connectivity index (χ1v) is 8.03. The van der Waals surface area contributed by atoms with E-state index in [0.29, 0.717) is 11.3 Å². The van der Waals surface area contributed by atoms with Crippen LogP contribution in [-0.4, -0.2) is 48.9 Å². The van der Waals surface area contributed by atoms with Crippen LogP contribution in [0.4, 0.5) is 20.6 Å². The van der Waals surface area contributed by atoms with Crippen LogP contribution < -0.4 is 15.5 Å². The molecule has 0 unspecified atom stereocenters. The predicted molar refractivity (Wildman–Crippen MR) is 92.2 cm³/mol. The van der Waals surface area contributed by atoms with E-state index in [2.05, 4.69) is 10.6 Å². The van der Waals surface area contributed by atoms with Gasteiger partial charge in [0.25, 0.3) is 0 Å². The van der Waals surface area contributed by atoms with Gasteiger partial charge in [-0.2, -0.15) is 0 Å². The first kappa shape index (κ1) is 19.0. The van der Waals surface area contributed by atoms with Gasteiger partial charge in [0.2, 0.25) is 5.91 Å². The first-order chi connectivity index (χ1) is 11.5. The summed E-state index contributed by atoms with van der Waals surface area (Å²) in [6.45, 7) is 5.43. The van der Waals surface area contributed by atoms with Crippen LogP contribution in [0, 0.1) is 5.82 Å². The number of halogens is 1. The summed E-state index contributed by atoms with van der Waals surface area (Å²) in [7, 11) is 1.70. The smallest absolute Gasteiger partial charge is 0.407 e. The molecule has 2 rings (SSSR count). The fourth-order valence-corrected chi connectivity index (χ4v) is 2.51. The maximum Gasteiger partial charge on any atom is 0.407 e. The molecule has 0 saturated heterocycles. The number of carbonyl (C=O) groups is 2. The van der Waals surface area contributed by atoms with Crippen molar-refractivity contribution in [3.05, 3.63) is 23.5 Å².